The van der Waals surface area contributed by atoms with Gasteiger partial charge in [-0.2, -0.15) is 0 Å². The van der Waals surface area contributed by atoms with Crippen LogP contribution in [0.25, 0.3) is 0 Å². The molecule has 1 heterocycles. The summed E-state index contributed by atoms with van der Waals surface area (Å²) in [5, 5.41) is 0.936. The van der Waals surface area contributed by atoms with Crippen LogP contribution in [0.3, 0.4) is 0 Å². The van der Waals surface area contributed by atoms with Crippen molar-refractivity contribution >= 4 is 43.7 Å². The Morgan fingerprint density at radius 2 is 1.89 bits per heavy atom. The largest absolute Gasteiger partial charge is 0.452 e. The summed E-state index contributed by atoms with van der Waals surface area (Å²) in [5.41, 5.74) is 0. The van der Waals surface area contributed by atoms with E-state index >= 15 is 0 Å². The molecule has 0 spiro atoms. The van der Waals surface area contributed by atoms with Crippen LogP contribution < -0.4 is 0 Å². The molecular formula is C13H21Br2NO3. The lowest BCUT2D eigenvalue weighted by Gasteiger charge is -2.21. The van der Waals surface area contributed by atoms with Gasteiger partial charge in [-0.25, -0.2) is 0 Å². The van der Waals surface area contributed by atoms with Crippen molar-refractivity contribution in [1.29, 1.82) is 0 Å². The Kier molecular flexibility index (Phi) is 7.99. The fourth-order valence-electron chi connectivity index (χ4n) is 2.03. The third-order valence-corrected chi connectivity index (χ3v) is 4.55. The summed E-state index contributed by atoms with van der Waals surface area (Å²) < 4.78 is 5.23. The lowest BCUT2D eigenvalue weighted by Crippen LogP contribution is -2.39. The monoisotopic (exact) mass is 397 g/mol. The van der Waals surface area contributed by atoms with Crippen LogP contribution in [0.1, 0.15) is 39.0 Å². The summed E-state index contributed by atoms with van der Waals surface area (Å²) in [6.07, 6.45) is 4.11. The SMILES string of the molecule is CC(OC(=O)C(Br)CCCCBr)C(=O)N1CCCC1. The van der Waals surface area contributed by atoms with E-state index in [-0.39, 0.29) is 16.7 Å². The van der Waals surface area contributed by atoms with Crippen LogP contribution in [0.2, 0.25) is 0 Å². The van der Waals surface area contributed by atoms with Crippen molar-refractivity contribution in [2.45, 2.75) is 50.0 Å². The average Bonchev–Trinajstić information content (AvgIpc) is 2.91. The molecule has 1 aliphatic rings. The molecule has 1 amide bonds. The average molecular weight is 399 g/mol. The third-order valence-electron chi connectivity index (χ3n) is 3.16. The number of ether oxygens (including phenoxy) is 1. The maximum absolute atomic E-state index is 12.0. The predicted octanol–water partition coefficient (Wildman–Crippen LogP) is 2.87. The first-order valence-electron chi connectivity index (χ1n) is 6.75. The van der Waals surface area contributed by atoms with Gasteiger partial charge in [0.15, 0.2) is 6.10 Å². The van der Waals surface area contributed by atoms with Gasteiger partial charge in [-0.1, -0.05) is 38.3 Å². The summed E-state index contributed by atoms with van der Waals surface area (Å²) in [6, 6.07) is 0. The topological polar surface area (TPSA) is 46.6 Å². The summed E-state index contributed by atoms with van der Waals surface area (Å²) >= 11 is 6.67. The van der Waals surface area contributed by atoms with Crippen molar-refractivity contribution in [2.24, 2.45) is 0 Å². The highest BCUT2D eigenvalue weighted by Crippen LogP contribution is 2.15. The molecule has 1 saturated heterocycles. The summed E-state index contributed by atoms with van der Waals surface area (Å²) in [5.74, 6) is -0.416. The first-order chi connectivity index (χ1) is 9.06. The zero-order valence-corrected chi connectivity index (χ0v) is 14.4. The smallest absolute Gasteiger partial charge is 0.320 e. The highest BCUT2D eigenvalue weighted by atomic mass is 79.9. The van der Waals surface area contributed by atoms with Crippen LogP contribution in [0.4, 0.5) is 0 Å². The van der Waals surface area contributed by atoms with E-state index in [4.69, 9.17) is 4.74 Å². The number of alkyl halides is 2. The van der Waals surface area contributed by atoms with Gasteiger partial charge in [0.25, 0.3) is 5.91 Å². The molecule has 0 aromatic heterocycles. The van der Waals surface area contributed by atoms with Gasteiger partial charge in [-0.3, -0.25) is 9.59 Å². The van der Waals surface area contributed by atoms with Gasteiger partial charge in [0.1, 0.15) is 4.83 Å². The van der Waals surface area contributed by atoms with Crippen LogP contribution in [-0.4, -0.2) is 46.1 Å². The number of nitrogens with zero attached hydrogens (tertiary/aromatic N) is 1. The highest BCUT2D eigenvalue weighted by Gasteiger charge is 2.27. The Hall–Kier alpha value is -0.100. The first kappa shape index (κ1) is 17.0. The molecule has 1 aliphatic heterocycles. The van der Waals surface area contributed by atoms with Crippen LogP contribution in [0, 0.1) is 0 Å². The van der Waals surface area contributed by atoms with E-state index in [1.807, 2.05) is 0 Å². The van der Waals surface area contributed by atoms with Crippen LogP contribution >= 0.6 is 31.9 Å². The van der Waals surface area contributed by atoms with Gasteiger partial charge in [0.05, 0.1) is 0 Å². The minimum atomic E-state index is -0.679. The molecule has 0 bridgehead atoms. The molecule has 2 atom stereocenters. The molecule has 0 saturated carbocycles. The van der Waals surface area contributed by atoms with Gasteiger partial charge < -0.3 is 9.64 Å². The van der Waals surface area contributed by atoms with E-state index in [2.05, 4.69) is 31.9 Å². The quantitative estimate of drug-likeness (QED) is 0.376. The van der Waals surface area contributed by atoms with Crippen molar-refractivity contribution in [3.63, 3.8) is 0 Å². The predicted molar refractivity (Wildman–Crippen MR) is 81.7 cm³/mol. The molecule has 0 N–H and O–H groups in total. The minimum absolute atomic E-state index is 0.0778. The van der Waals surface area contributed by atoms with Crippen molar-refractivity contribution in [3.05, 3.63) is 0 Å². The third kappa shape index (κ3) is 5.81. The van der Waals surface area contributed by atoms with Gasteiger partial charge in [0, 0.05) is 18.4 Å². The summed E-state index contributed by atoms with van der Waals surface area (Å²) in [7, 11) is 0. The molecule has 0 aromatic rings. The highest BCUT2D eigenvalue weighted by molar-refractivity contribution is 9.10. The van der Waals surface area contributed by atoms with Gasteiger partial charge >= 0.3 is 5.97 Å². The Morgan fingerprint density at radius 3 is 2.47 bits per heavy atom. The van der Waals surface area contributed by atoms with Gasteiger partial charge in [0.2, 0.25) is 0 Å². The Morgan fingerprint density at radius 1 is 1.26 bits per heavy atom. The molecule has 110 valence electrons. The fraction of sp³-hybridized carbons (Fsp3) is 0.846. The molecular weight excluding hydrogens is 378 g/mol. The van der Waals surface area contributed by atoms with Gasteiger partial charge in [-0.15, -0.1) is 0 Å². The molecule has 19 heavy (non-hydrogen) atoms. The van der Waals surface area contributed by atoms with Crippen LogP contribution in [-0.2, 0) is 14.3 Å². The van der Waals surface area contributed by atoms with E-state index in [1.54, 1.807) is 11.8 Å². The normalized spacial score (nSPS) is 18.2. The molecule has 6 heteroatoms. The van der Waals surface area contributed by atoms with E-state index in [0.717, 1.165) is 50.5 Å². The zero-order chi connectivity index (χ0) is 14.3. The molecule has 4 nitrogen and oxygen atoms in total. The van der Waals surface area contributed by atoms with Crippen molar-refractivity contribution < 1.29 is 14.3 Å². The molecule has 0 aromatic carbocycles. The van der Waals surface area contributed by atoms with E-state index in [0.29, 0.717) is 0 Å². The maximum Gasteiger partial charge on any atom is 0.320 e. The van der Waals surface area contributed by atoms with Crippen LogP contribution in [0.5, 0.6) is 0 Å². The standard InChI is InChI=1S/C13H21Br2NO3/c1-10(12(17)16-8-4-5-9-16)19-13(18)11(15)6-2-3-7-14/h10-11H,2-9H2,1H3. The molecule has 2 unspecified atom stereocenters. The maximum atomic E-state index is 12.0. The molecule has 1 fully saturated rings. The number of carbonyl (C=O) groups is 2. The second-order valence-electron chi connectivity index (χ2n) is 4.76. The zero-order valence-electron chi connectivity index (χ0n) is 11.2. The number of likely N-dealkylation sites (tertiary alicyclic amines) is 1. The van der Waals surface area contributed by atoms with Crippen LogP contribution in [0.15, 0.2) is 0 Å². The van der Waals surface area contributed by atoms with E-state index in [1.165, 1.54) is 0 Å². The number of hydrogen-bond acceptors (Lipinski definition) is 3. The number of rotatable bonds is 7. The molecule has 0 radical (unpaired) electrons. The van der Waals surface area contributed by atoms with E-state index in [9.17, 15) is 9.59 Å². The molecule has 0 aliphatic carbocycles. The van der Waals surface area contributed by atoms with E-state index < -0.39 is 6.10 Å². The first-order valence-corrected chi connectivity index (χ1v) is 8.79. The van der Waals surface area contributed by atoms with Crippen molar-refractivity contribution in [1.82, 2.24) is 4.90 Å². The summed E-state index contributed by atoms with van der Waals surface area (Å²) in [4.78, 5) is 25.3. The number of esters is 1. The second-order valence-corrected chi connectivity index (χ2v) is 6.66. The number of carbonyl (C=O) groups excluding carboxylic acids is 2. The Labute approximate surface area is 131 Å². The fourth-order valence-corrected chi connectivity index (χ4v) is 2.86. The number of amides is 1. The lowest BCUT2D eigenvalue weighted by atomic mass is 10.2. The van der Waals surface area contributed by atoms with Crippen molar-refractivity contribution in [2.75, 3.05) is 18.4 Å². The van der Waals surface area contributed by atoms with Gasteiger partial charge in [-0.05, 0) is 32.6 Å². The summed E-state index contributed by atoms with van der Waals surface area (Å²) in [6.45, 7) is 3.21. The minimum Gasteiger partial charge on any atom is -0.452 e. The molecule has 1 rings (SSSR count). The number of unbranched alkanes of at least 4 members (excludes halogenated alkanes) is 1. The van der Waals surface area contributed by atoms with Crippen molar-refractivity contribution in [3.8, 4) is 0 Å². The number of hydrogen-bond donors (Lipinski definition) is 0. The number of halogens is 2. The lowest BCUT2D eigenvalue weighted by molar-refractivity contribution is -0.158. The Bertz CT molecular complexity index is 306. The second kappa shape index (κ2) is 8.95. The Balaban J connectivity index is 2.31.